The fourth-order valence-electron chi connectivity index (χ4n) is 1.35. The first-order chi connectivity index (χ1) is 6.57. The lowest BCUT2D eigenvalue weighted by Crippen LogP contribution is -2.04. The molecule has 0 rings (SSSR count). The highest BCUT2D eigenvalue weighted by Gasteiger charge is 2.06. The van der Waals surface area contributed by atoms with Crippen LogP contribution in [-0.2, 0) is 9.53 Å². The van der Waals surface area contributed by atoms with Crippen LogP contribution in [0.3, 0.4) is 0 Å². The van der Waals surface area contributed by atoms with Gasteiger partial charge in [0.1, 0.15) is 0 Å². The molecular weight excluding hydrogens is 176 g/mol. The molecule has 0 saturated carbocycles. The lowest BCUT2D eigenvalue weighted by Gasteiger charge is -2.14. The summed E-state index contributed by atoms with van der Waals surface area (Å²) in [5, 5.41) is 0. The molecule has 0 aromatic rings. The number of rotatable bonds is 7. The van der Waals surface area contributed by atoms with E-state index in [1.165, 1.54) is 20.0 Å². The second-order valence-electron chi connectivity index (χ2n) is 4.40. The van der Waals surface area contributed by atoms with E-state index in [1.807, 2.05) is 0 Å². The first kappa shape index (κ1) is 13.5. The Hall–Kier alpha value is -0.530. The van der Waals surface area contributed by atoms with Crippen molar-refractivity contribution >= 4 is 5.97 Å². The van der Waals surface area contributed by atoms with Crippen molar-refractivity contribution < 1.29 is 9.53 Å². The molecule has 0 heterocycles. The largest absolute Gasteiger partial charge is 0.469 e. The molecule has 0 saturated heterocycles. The van der Waals surface area contributed by atoms with Gasteiger partial charge >= 0.3 is 5.97 Å². The maximum absolute atomic E-state index is 10.8. The van der Waals surface area contributed by atoms with Crippen molar-refractivity contribution in [3.8, 4) is 0 Å². The number of unbranched alkanes of at least 4 members (excludes halogenated alkanes) is 2. The third-order valence-corrected chi connectivity index (χ3v) is 2.91. The summed E-state index contributed by atoms with van der Waals surface area (Å²) in [5.41, 5.74) is 0. The molecule has 0 spiro atoms. The first-order valence-electron chi connectivity index (χ1n) is 5.64. The predicted octanol–water partition coefficient (Wildman–Crippen LogP) is 3.40. The van der Waals surface area contributed by atoms with Crippen molar-refractivity contribution in [2.24, 2.45) is 11.8 Å². The monoisotopic (exact) mass is 200 g/mol. The van der Waals surface area contributed by atoms with Gasteiger partial charge in [-0.3, -0.25) is 4.79 Å². The summed E-state index contributed by atoms with van der Waals surface area (Å²) in [4.78, 5) is 10.8. The zero-order valence-electron chi connectivity index (χ0n) is 10.0. The van der Waals surface area contributed by atoms with Gasteiger partial charge in [-0.15, -0.1) is 0 Å². The minimum Gasteiger partial charge on any atom is -0.469 e. The van der Waals surface area contributed by atoms with Crippen molar-refractivity contribution in [2.45, 2.75) is 52.9 Å². The van der Waals surface area contributed by atoms with Crippen LogP contribution < -0.4 is 0 Å². The van der Waals surface area contributed by atoms with Crippen LogP contribution in [0, 0.1) is 11.8 Å². The molecule has 0 aromatic carbocycles. The zero-order chi connectivity index (χ0) is 11.0. The Balaban J connectivity index is 3.25. The maximum Gasteiger partial charge on any atom is 0.305 e. The SMILES string of the molecule is COC(=O)CCCCCC(C)C(C)C. The first-order valence-corrected chi connectivity index (χ1v) is 5.64. The molecule has 84 valence electrons. The van der Waals surface area contributed by atoms with Crippen molar-refractivity contribution in [1.82, 2.24) is 0 Å². The lowest BCUT2D eigenvalue weighted by molar-refractivity contribution is -0.140. The molecular formula is C12H24O2. The minimum absolute atomic E-state index is 0.0816. The summed E-state index contributed by atoms with van der Waals surface area (Å²) in [6.45, 7) is 6.82. The normalized spacial score (nSPS) is 12.9. The van der Waals surface area contributed by atoms with Gasteiger partial charge in [-0.05, 0) is 18.3 Å². The molecule has 0 fully saturated rings. The zero-order valence-corrected chi connectivity index (χ0v) is 10.0. The molecule has 1 unspecified atom stereocenters. The van der Waals surface area contributed by atoms with Crippen molar-refractivity contribution in [1.29, 1.82) is 0 Å². The average molecular weight is 200 g/mol. The summed E-state index contributed by atoms with van der Waals surface area (Å²) >= 11 is 0. The summed E-state index contributed by atoms with van der Waals surface area (Å²) < 4.78 is 4.58. The number of ether oxygens (including phenoxy) is 1. The van der Waals surface area contributed by atoms with E-state index in [1.54, 1.807) is 0 Å². The molecule has 0 bridgehead atoms. The van der Waals surface area contributed by atoms with E-state index in [-0.39, 0.29) is 5.97 Å². The lowest BCUT2D eigenvalue weighted by atomic mass is 9.92. The van der Waals surface area contributed by atoms with Crippen LogP contribution in [0.25, 0.3) is 0 Å². The number of carbonyl (C=O) groups excluding carboxylic acids is 1. The van der Waals surface area contributed by atoms with Crippen LogP contribution in [0.1, 0.15) is 52.9 Å². The van der Waals surface area contributed by atoms with E-state index in [4.69, 9.17) is 0 Å². The molecule has 14 heavy (non-hydrogen) atoms. The third-order valence-electron chi connectivity index (χ3n) is 2.91. The van der Waals surface area contributed by atoms with Crippen molar-refractivity contribution in [3.63, 3.8) is 0 Å². The van der Waals surface area contributed by atoms with Crippen LogP contribution in [0.5, 0.6) is 0 Å². The standard InChI is InChI=1S/C12H24O2/c1-10(2)11(3)8-6-5-7-9-12(13)14-4/h10-11H,5-9H2,1-4H3. The quantitative estimate of drug-likeness (QED) is 0.465. The van der Waals surface area contributed by atoms with Crippen LogP contribution >= 0.6 is 0 Å². The molecule has 0 N–H and O–H groups in total. The van der Waals surface area contributed by atoms with E-state index in [0.717, 1.165) is 24.7 Å². The number of hydrogen-bond acceptors (Lipinski definition) is 2. The molecule has 0 aromatic heterocycles. The van der Waals surface area contributed by atoms with E-state index in [0.29, 0.717) is 6.42 Å². The van der Waals surface area contributed by atoms with E-state index in [2.05, 4.69) is 25.5 Å². The number of carbonyl (C=O) groups is 1. The highest BCUT2D eigenvalue weighted by atomic mass is 16.5. The molecule has 0 amide bonds. The van der Waals surface area contributed by atoms with Crippen LogP contribution in [0.15, 0.2) is 0 Å². The van der Waals surface area contributed by atoms with E-state index in [9.17, 15) is 4.79 Å². The Morgan fingerprint density at radius 1 is 1.14 bits per heavy atom. The van der Waals surface area contributed by atoms with Gasteiger partial charge in [0.2, 0.25) is 0 Å². The summed E-state index contributed by atoms with van der Waals surface area (Å²) in [6.07, 6.45) is 5.20. The highest BCUT2D eigenvalue weighted by Crippen LogP contribution is 2.17. The Kier molecular flexibility index (Phi) is 7.54. The molecule has 0 aliphatic rings. The molecule has 0 aliphatic heterocycles. The van der Waals surface area contributed by atoms with Gasteiger partial charge in [-0.25, -0.2) is 0 Å². The van der Waals surface area contributed by atoms with Crippen LogP contribution in [0.2, 0.25) is 0 Å². The van der Waals surface area contributed by atoms with Crippen LogP contribution in [0.4, 0.5) is 0 Å². The van der Waals surface area contributed by atoms with E-state index >= 15 is 0 Å². The van der Waals surface area contributed by atoms with Gasteiger partial charge in [0, 0.05) is 6.42 Å². The molecule has 1 atom stereocenters. The average Bonchev–Trinajstić information content (AvgIpc) is 2.16. The summed E-state index contributed by atoms with van der Waals surface area (Å²) in [5.74, 6) is 1.49. The maximum atomic E-state index is 10.8. The third kappa shape index (κ3) is 6.93. The topological polar surface area (TPSA) is 26.3 Å². The minimum atomic E-state index is -0.0816. The van der Waals surface area contributed by atoms with Gasteiger partial charge in [0.15, 0.2) is 0 Å². The second-order valence-corrected chi connectivity index (χ2v) is 4.40. The van der Waals surface area contributed by atoms with Crippen molar-refractivity contribution in [2.75, 3.05) is 7.11 Å². The number of methoxy groups -OCH3 is 1. The van der Waals surface area contributed by atoms with Gasteiger partial charge in [0.25, 0.3) is 0 Å². The molecule has 0 aliphatic carbocycles. The van der Waals surface area contributed by atoms with E-state index < -0.39 is 0 Å². The van der Waals surface area contributed by atoms with Crippen LogP contribution in [-0.4, -0.2) is 13.1 Å². The molecule has 0 radical (unpaired) electrons. The smallest absolute Gasteiger partial charge is 0.305 e. The Labute approximate surface area is 88.0 Å². The summed E-state index contributed by atoms with van der Waals surface area (Å²) in [7, 11) is 1.45. The number of esters is 1. The second kappa shape index (κ2) is 7.84. The Morgan fingerprint density at radius 3 is 2.29 bits per heavy atom. The molecule has 2 heteroatoms. The Morgan fingerprint density at radius 2 is 1.79 bits per heavy atom. The van der Waals surface area contributed by atoms with Gasteiger partial charge in [0.05, 0.1) is 7.11 Å². The van der Waals surface area contributed by atoms with Gasteiger partial charge < -0.3 is 4.74 Å². The number of hydrogen-bond donors (Lipinski definition) is 0. The van der Waals surface area contributed by atoms with Crippen molar-refractivity contribution in [3.05, 3.63) is 0 Å². The predicted molar refractivity (Wildman–Crippen MR) is 59.1 cm³/mol. The highest BCUT2D eigenvalue weighted by molar-refractivity contribution is 5.68. The summed E-state index contributed by atoms with van der Waals surface area (Å²) in [6, 6.07) is 0. The fraction of sp³-hybridized carbons (Fsp3) is 0.917. The molecule has 2 nitrogen and oxygen atoms in total. The van der Waals surface area contributed by atoms with Gasteiger partial charge in [-0.1, -0.05) is 40.0 Å². The Bertz CT molecular complexity index is 152. The van der Waals surface area contributed by atoms with Gasteiger partial charge in [-0.2, -0.15) is 0 Å². The fourth-order valence-corrected chi connectivity index (χ4v) is 1.35.